The Morgan fingerprint density at radius 3 is 2.44 bits per heavy atom. The molecule has 0 bridgehead atoms. The Balaban J connectivity index is 1.85. The number of hydrogen-bond acceptors (Lipinski definition) is 5. The van der Waals surface area contributed by atoms with Crippen molar-refractivity contribution >= 4 is 11.9 Å². The first-order valence-corrected chi connectivity index (χ1v) is 8.40. The Bertz CT molecular complexity index is 835. The molecule has 1 aliphatic rings. The molecule has 27 heavy (non-hydrogen) atoms. The second-order valence-corrected chi connectivity index (χ2v) is 6.54. The minimum absolute atomic E-state index is 0.0359. The van der Waals surface area contributed by atoms with E-state index in [0.717, 1.165) is 6.92 Å². The zero-order valence-corrected chi connectivity index (χ0v) is 14.5. The van der Waals surface area contributed by atoms with Crippen LogP contribution in [0.3, 0.4) is 0 Å². The number of alkyl halides is 1. The number of esters is 1. The summed E-state index contributed by atoms with van der Waals surface area (Å²) in [5, 5.41) is 19.2. The predicted octanol–water partition coefficient (Wildman–Crippen LogP) is 2.60. The molecule has 6 nitrogen and oxygen atoms in total. The molecule has 0 saturated carbocycles. The van der Waals surface area contributed by atoms with E-state index >= 15 is 0 Å². The molecule has 1 fully saturated rings. The van der Waals surface area contributed by atoms with Gasteiger partial charge in [-0.25, -0.2) is 14.0 Å². The Morgan fingerprint density at radius 2 is 1.78 bits per heavy atom. The number of aliphatic hydroxyl groups is 1. The molecule has 7 heteroatoms. The Hall–Kier alpha value is -2.77. The third-order valence-electron chi connectivity index (χ3n) is 4.59. The highest BCUT2D eigenvalue weighted by atomic mass is 19.1. The van der Waals surface area contributed by atoms with Gasteiger partial charge in [-0.1, -0.05) is 36.4 Å². The average Bonchev–Trinajstić information content (AvgIpc) is 2.85. The van der Waals surface area contributed by atoms with Gasteiger partial charge in [0.1, 0.15) is 6.10 Å². The molecule has 2 aromatic carbocycles. The van der Waals surface area contributed by atoms with Crippen molar-refractivity contribution in [3.63, 3.8) is 0 Å². The van der Waals surface area contributed by atoms with E-state index in [0.29, 0.717) is 5.56 Å². The number of halogens is 1. The lowest BCUT2D eigenvalue weighted by Crippen LogP contribution is -2.44. The number of carboxylic acids is 1. The summed E-state index contributed by atoms with van der Waals surface area (Å²) in [6.07, 6.45) is -4.27. The summed E-state index contributed by atoms with van der Waals surface area (Å²) in [4.78, 5) is 23.7. The lowest BCUT2D eigenvalue weighted by Gasteiger charge is -2.26. The van der Waals surface area contributed by atoms with E-state index in [4.69, 9.17) is 9.47 Å². The van der Waals surface area contributed by atoms with Gasteiger partial charge in [0.15, 0.2) is 18.1 Å². The lowest BCUT2D eigenvalue weighted by atomic mass is 9.93. The number of aromatic carboxylic acids is 1. The van der Waals surface area contributed by atoms with Crippen LogP contribution in [0.2, 0.25) is 0 Å². The quantitative estimate of drug-likeness (QED) is 0.782. The fourth-order valence-electron chi connectivity index (χ4n) is 3.10. The fraction of sp³-hybridized carbons (Fsp3) is 0.300. The third-order valence-corrected chi connectivity index (χ3v) is 4.59. The molecule has 1 aliphatic heterocycles. The Kier molecular flexibility index (Phi) is 5.25. The van der Waals surface area contributed by atoms with Crippen molar-refractivity contribution < 1.29 is 33.7 Å². The van der Waals surface area contributed by atoms with Crippen LogP contribution in [0.4, 0.5) is 4.39 Å². The minimum Gasteiger partial charge on any atom is -0.478 e. The minimum atomic E-state index is -2.34. The van der Waals surface area contributed by atoms with Crippen molar-refractivity contribution in [2.75, 3.05) is 0 Å². The van der Waals surface area contributed by atoms with Gasteiger partial charge in [0.2, 0.25) is 0 Å². The molecule has 0 amide bonds. The van der Waals surface area contributed by atoms with E-state index in [2.05, 4.69) is 0 Å². The van der Waals surface area contributed by atoms with Crippen molar-refractivity contribution in [3.8, 4) is 0 Å². The van der Waals surface area contributed by atoms with E-state index in [-0.39, 0.29) is 17.5 Å². The molecule has 0 aliphatic carbocycles. The van der Waals surface area contributed by atoms with Gasteiger partial charge >= 0.3 is 11.9 Å². The zero-order valence-electron chi connectivity index (χ0n) is 14.5. The number of aliphatic hydroxyl groups excluding tert-OH is 1. The van der Waals surface area contributed by atoms with Gasteiger partial charge in [0.05, 0.1) is 11.1 Å². The number of rotatable bonds is 5. The van der Waals surface area contributed by atoms with Crippen LogP contribution in [0.1, 0.15) is 33.2 Å². The number of ether oxygens (including phenoxy) is 2. The summed E-state index contributed by atoms with van der Waals surface area (Å²) in [6.45, 7) is 1.09. The fourth-order valence-corrected chi connectivity index (χ4v) is 3.10. The smallest absolute Gasteiger partial charge is 0.338 e. The van der Waals surface area contributed by atoms with Crippen LogP contribution >= 0.6 is 0 Å². The summed E-state index contributed by atoms with van der Waals surface area (Å²) in [5.74, 6) is -1.89. The van der Waals surface area contributed by atoms with Gasteiger partial charge in [-0.05, 0) is 30.7 Å². The van der Waals surface area contributed by atoms with Crippen molar-refractivity contribution in [1.29, 1.82) is 0 Å². The monoisotopic (exact) mass is 374 g/mol. The van der Waals surface area contributed by atoms with E-state index in [9.17, 15) is 24.2 Å². The normalized spacial score (nSPS) is 27.3. The number of carboxylic acid groups (broad SMARTS) is 1. The van der Waals surface area contributed by atoms with Crippen molar-refractivity contribution in [2.45, 2.75) is 37.5 Å². The molecule has 3 rings (SSSR count). The lowest BCUT2D eigenvalue weighted by molar-refractivity contribution is -0.139. The first kappa shape index (κ1) is 19.0. The highest BCUT2D eigenvalue weighted by Gasteiger charge is 2.56. The highest BCUT2D eigenvalue weighted by molar-refractivity contribution is 5.90. The maximum absolute atomic E-state index is 15.0. The molecule has 142 valence electrons. The molecular weight excluding hydrogens is 355 g/mol. The average molecular weight is 374 g/mol. The summed E-state index contributed by atoms with van der Waals surface area (Å²) in [7, 11) is 0. The van der Waals surface area contributed by atoms with E-state index in [1.54, 1.807) is 36.4 Å². The number of carbonyl (C=O) groups excluding carboxylic acids is 1. The zero-order chi connectivity index (χ0) is 19.6. The molecule has 2 N–H and O–H groups in total. The predicted molar refractivity (Wildman–Crippen MR) is 93.1 cm³/mol. The van der Waals surface area contributed by atoms with Gasteiger partial charge in [0.25, 0.3) is 0 Å². The van der Waals surface area contributed by atoms with E-state index in [1.807, 2.05) is 0 Å². The Morgan fingerprint density at radius 1 is 1.15 bits per heavy atom. The third kappa shape index (κ3) is 3.84. The Labute approximate surface area is 155 Å². The van der Waals surface area contributed by atoms with Crippen LogP contribution < -0.4 is 0 Å². The highest BCUT2D eigenvalue weighted by Crippen LogP contribution is 2.37. The van der Waals surface area contributed by atoms with Gasteiger partial charge < -0.3 is 19.7 Å². The van der Waals surface area contributed by atoms with Gasteiger partial charge in [-0.3, -0.25) is 0 Å². The standard InChI is InChI=1S/C20H19FO6/c1-20(21)16(27-18(24)12-7-3-2-4-8-12)15(26-19(20)25)11-13-9-5-6-10-14(13)17(22)23/h2-10,15-16,19,25H,11H2,1H3,(H,22,23)/t15-,16-,19?,20-/m1/s1. The second kappa shape index (κ2) is 7.46. The molecule has 0 aromatic heterocycles. The molecule has 2 aromatic rings. The summed E-state index contributed by atoms with van der Waals surface area (Å²) >= 11 is 0. The molecule has 4 atom stereocenters. The van der Waals surface area contributed by atoms with E-state index < -0.39 is 36.1 Å². The number of carbonyl (C=O) groups is 2. The number of benzene rings is 2. The molecule has 1 unspecified atom stereocenters. The van der Waals surface area contributed by atoms with Crippen LogP contribution in [0.15, 0.2) is 54.6 Å². The maximum Gasteiger partial charge on any atom is 0.338 e. The van der Waals surface area contributed by atoms with Gasteiger partial charge in [-0.15, -0.1) is 0 Å². The second-order valence-electron chi connectivity index (χ2n) is 6.54. The first-order valence-electron chi connectivity index (χ1n) is 8.40. The van der Waals surface area contributed by atoms with Crippen molar-refractivity contribution in [3.05, 3.63) is 71.3 Å². The molecule has 1 heterocycles. The van der Waals surface area contributed by atoms with Crippen molar-refractivity contribution in [2.24, 2.45) is 0 Å². The molecule has 1 saturated heterocycles. The van der Waals surface area contributed by atoms with Crippen LogP contribution in [-0.2, 0) is 15.9 Å². The largest absolute Gasteiger partial charge is 0.478 e. The summed E-state index contributed by atoms with van der Waals surface area (Å²) in [5.41, 5.74) is -1.68. The molecular formula is C20H19FO6. The van der Waals surface area contributed by atoms with Gasteiger partial charge in [-0.2, -0.15) is 0 Å². The van der Waals surface area contributed by atoms with Crippen LogP contribution in [0.5, 0.6) is 0 Å². The number of hydrogen-bond donors (Lipinski definition) is 2. The maximum atomic E-state index is 15.0. The molecule has 0 spiro atoms. The van der Waals surface area contributed by atoms with E-state index in [1.165, 1.54) is 18.2 Å². The molecule has 0 radical (unpaired) electrons. The summed E-state index contributed by atoms with van der Waals surface area (Å²) in [6, 6.07) is 14.3. The van der Waals surface area contributed by atoms with Crippen LogP contribution in [0, 0.1) is 0 Å². The van der Waals surface area contributed by atoms with Crippen molar-refractivity contribution in [1.82, 2.24) is 0 Å². The van der Waals surface area contributed by atoms with Crippen LogP contribution in [0.25, 0.3) is 0 Å². The summed E-state index contributed by atoms with van der Waals surface area (Å²) < 4.78 is 25.6. The SMILES string of the molecule is C[C@]1(F)C(O)O[C@H](Cc2ccccc2C(=O)O)[C@H]1OC(=O)c1ccccc1. The van der Waals surface area contributed by atoms with Crippen LogP contribution in [-0.4, -0.2) is 46.3 Å². The topological polar surface area (TPSA) is 93.1 Å². The van der Waals surface area contributed by atoms with Gasteiger partial charge in [0, 0.05) is 6.42 Å². The first-order chi connectivity index (χ1) is 12.8.